The third-order valence-corrected chi connectivity index (χ3v) is 6.94. The lowest BCUT2D eigenvalue weighted by molar-refractivity contribution is 0.0990. The molecule has 0 saturated carbocycles. The Morgan fingerprint density at radius 3 is 2.06 bits per heavy atom. The number of benzene rings is 2. The number of aromatic nitrogens is 1. The second-order valence-corrected chi connectivity index (χ2v) is 9.80. The van der Waals surface area contributed by atoms with Crippen LogP contribution in [0.2, 0.25) is 0 Å². The lowest BCUT2D eigenvalue weighted by Gasteiger charge is -2.21. The molecule has 2 unspecified atom stereocenters. The zero-order valence-electron chi connectivity index (χ0n) is 21.8. The molecule has 2 aromatic carbocycles. The normalized spacial score (nSPS) is 12.9. The van der Waals surface area contributed by atoms with Gasteiger partial charge in [0, 0.05) is 22.9 Å². The van der Waals surface area contributed by atoms with Crippen molar-refractivity contribution in [3.8, 4) is 22.3 Å². The van der Waals surface area contributed by atoms with E-state index in [1.165, 1.54) is 12.1 Å². The number of hydrogen-bond acceptors (Lipinski definition) is 1. The van der Waals surface area contributed by atoms with Gasteiger partial charge in [-0.3, -0.25) is 4.79 Å². The maximum Gasteiger partial charge on any atom is 0.266 e. The van der Waals surface area contributed by atoms with Gasteiger partial charge in [0.25, 0.3) is 5.91 Å². The number of primary amides is 1. The third-order valence-electron chi connectivity index (χ3n) is 6.94. The van der Waals surface area contributed by atoms with Crippen LogP contribution in [-0.2, 0) is 6.42 Å². The van der Waals surface area contributed by atoms with Crippen LogP contribution in [-0.4, -0.2) is 10.5 Å². The summed E-state index contributed by atoms with van der Waals surface area (Å²) in [5.41, 5.74) is 11.1. The molecule has 3 aromatic rings. The van der Waals surface area contributed by atoms with Crippen molar-refractivity contribution in [3.05, 3.63) is 97.1 Å². The van der Waals surface area contributed by atoms with E-state index < -0.39 is 5.91 Å². The molecule has 0 saturated heterocycles. The molecule has 0 radical (unpaired) electrons. The molecule has 1 amide bonds. The molecule has 0 spiro atoms. The fraction of sp³-hybridized carbons (Fsp3) is 0.344. The average Bonchev–Trinajstić information content (AvgIpc) is 3.22. The summed E-state index contributed by atoms with van der Waals surface area (Å²) in [6.45, 7) is 14.5. The van der Waals surface area contributed by atoms with Crippen molar-refractivity contribution in [2.75, 3.05) is 0 Å². The zero-order valence-corrected chi connectivity index (χ0v) is 21.8. The third kappa shape index (κ3) is 6.04. The predicted octanol–water partition coefficient (Wildman–Crippen LogP) is 8.37. The zero-order chi connectivity index (χ0) is 26.2. The topological polar surface area (TPSA) is 48.0 Å². The number of halogens is 1. The molecule has 2 atom stereocenters. The molecular weight excluding hydrogens is 447 g/mol. The first-order chi connectivity index (χ1) is 17.3. The Kier molecular flexibility index (Phi) is 9.46. The standard InChI is InChI=1S/C32H39FN2O/c1-6-12-23(7-2)21-24(8-3)15-20-28-29(26-16-18-27(33)19-17-26)30(25-13-10-9-11-14-25)31(32(34)36)35(28)22(4)5/h7-11,13-14,16-19,22-24H,2-3,6,12,15,20-21H2,1,4-5H3,(H2,34,36). The Morgan fingerprint density at radius 1 is 0.944 bits per heavy atom. The molecule has 3 rings (SSSR count). The molecule has 1 heterocycles. The van der Waals surface area contributed by atoms with Crippen LogP contribution in [0.5, 0.6) is 0 Å². The summed E-state index contributed by atoms with van der Waals surface area (Å²) in [5.74, 6) is 0.00559. The number of nitrogens with two attached hydrogens (primary N) is 1. The fourth-order valence-corrected chi connectivity index (χ4v) is 5.25. The molecule has 3 nitrogen and oxygen atoms in total. The number of carbonyl (C=O) groups excluding carboxylic acids is 1. The van der Waals surface area contributed by atoms with Crippen molar-refractivity contribution in [1.82, 2.24) is 4.57 Å². The highest BCUT2D eigenvalue weighted by molar-refractivity contribution is 6.04. The minimum Gasteiger partial charge on any atom is -0.364 e. The minimum absolute atomic E-state index is 0.0161. The smallest absolute Gasteiger partial charge is 0.266 e. The maximum atomic E-state index is 13.9. The van der Waals surface area contributed by atoms with Gasteiger partial charge in [-0.1, -0.05) is 68.0 Å². The van der Waals surface area contributed by atoms with E-state index in [-0.39, 0.29) is 11.9 Å². The van der Waals surface area contributed by atoms with Gasteiger partial charge in [-0.25, -0.2) is 4.39 Å². The molecule has 0 aliphatic heterocycles. The lowest BCUT2D eigenvalue weighted by atomic mass is 9.87. The summed E-state index contributed by atoms with van der Waals surface area (Å²) >= 11 is 0. The summed E-state index contributed by atoms with van der Waals surface area (Å²) < 4.78 is 16.0. The van der Waals surface area contributed by atoms with E-state index in [4.69, 9.17) is 5.73 Å². The van der Waals surface area contributed by atoms with Gasteiger partial charge in [0.15, 0.2) is 0 Å². The van der Waals surface area contributed by atoms with E-state index >= 15 is 0 Å². The number of allylic oxidation sites excluding steroid dienone is 2. The van der Waals surface area contributed by atoms with Gasteiger partial charge in [-0.15, -0.1) is 13.2 Å². The van der Waals surface area contributed by atoms with E-state index in [0.717, 1.165) is 60.1 Å². The van der Waals surface area contributed by atoms with Crippen LogP contribution >= 0.6 is 0 Å². The van der Waals surface area contributed by atoms with Gasteiger partial charge in [0.2, 0.25) is 0 Å². The molecule has 0 fully saturated rings. The van der Waals surface area contributed by atoms with Crippen molar-refractivity contribution >= 4 is 5.91 Å². The Hall–Kier alpha value is -3.40. The number of amides is 1. The largest absolute Gasteiger partial charge is 0.364 e. The van der Waals surface area contributed by atoms with Crippen LogP contribution < -0.4 is 5.73 Å². The van der Waals surface area contributed by atoms with Crippen LogP contribution in [0, 0.1) is 17.7 Å². The molecule has 36 heavy (non-hydrogen) atoms. The lowest BCUT2D eigenvalue weighted by Crippen LogP contribution is -2.20. The summed E-state index contributed by atoms with van der Waals surface area (Å²) in [6.07, 6.45) is 8.96. The molecule has 190 valence electrons. The van der Waals surface area contributed by atoms with Gasteiger partial charge in [0.1, 0.15) is 11.5 Å². The molecular formula is C32H39FN2O. The second-order valence-electron chi connectivity index (χ2n) is 9.80. The van der Waals surface area contributed by atoms with Gasteiger partial charge >= 0.3 is 0 Å². The van der Waals surface area contributed by atoms with Gasteiger partial charge in [-0.05, 0) is 74.6 Å². The molecule has 0 aliphatic rings. The van der Waals surface area contributed by atoms with E-state index in [1.807, 2.05) is 36.4 Å². The highest BCUT2D eigenvalue weighted by Gasteiger charge is 2.29. The minimum atomic E-state index is -0.466. The van der Waals surface area contributed by atoms with Gasteiger partial charge in [0.05, 0.1) is 0 Å². The van der Waals surface area contributed by atoms with Crippen LogP contribution in [0.4, 0.5) is 4.39 Å². The van der Waals surface area contributed by atoms with Crippen LogP contribution in [0.1, 0.15) is 68.7 Å². The summed E-state index contributed by atoms with van der Waals surface area (Å²) in [4.78, 5) is 12.9. The Balaban J connectivity index is 2.20. The summed E-state index contributed by atoms with van der Waals surface area (Å²) in [7, 11) is 0. The van der Waals surface area contributed by atoms with Gasteiger partial charge in [-0.2, -0.15) is 0 Å². The fourth-order valence-electron chi connectivity index (χ4n) is 5.25. The first-order valence-corrected chi connectivity index (χ1v) is 13.0. The summed E-state index contributed by atoms with van der Waals surface area (Å²) in [5, 5.41) is 0. The average molecular weight is 487 g/mol. The highest BCUT2D eigenvalue weighted by Crippen LogP contribution is 2.42. The van der Waals surface area contributed by atoms with Crippen LogP contribution in [0.3, 0.4) is 0 Å². The number of carbonyl (C=O) groups is 1. The first-order valence-electron chi connectivity index (χ1n) is 13.0. The molecule has 1 aromatic heterocycles. The van der Waals surface area contributed by atoms with E-state index in [2.05, 4.69) is 44.6 Å². The van der Waals surface area contributed by atoms with Crippen molar-refractivity contribution in [2.24, 2.45) is 17.6 Å². The van der Waals surface area contributed by atoms with Crippen LogP contribution in [0.25, 0.3) is 22.3 Å². The monoisotopic (exact) mass is 486 g/mol. The number of hydrogen-bond donors (Lipinski definition) is 1. The summed E-state index contributed by atoms with van der Waals surface area (Å²) in [6, 6.07) is 16.4. The molecule has 0 aliphatic carbocycles. The molecule has 4 heteroatoms. The number of rotatable bonds is 13. The highest BCUT2D eigenvalue weighted by atomic mass is 19.1. The SMILES string of the molecule is C=CC(CCC)CC(C=C)CCc1c(-c2ccc(F)cc2)c(-c2ccccc2)c(C(N)=O)n1C(C)C. The second kappa shape index (κ2) is 12.5. The first kappa shape index (κ1) is 27.2. The Morgan fingerprint density at radius 2 is 1.53 bits per heavy atom. The number of nitrogens with zero attached hydrogens (tertiary/aromatic N) is 1. The van der Waals surface area contributed by atoms with Gasteiger partial charge < -0.3 is 10.3 Å². The van der Waals surface area contributed by atoms with E-state index in [9.17, 15) is 9.18 Å². The van der Waals surface area contributed by atoms with E-state index in [0.29, 0.717) is 17.5 Å². The van der Waals surface area contributed by atoms with Crippen molar-refractivity contribution in [1.29, 1.82) is 0 Å². The van der Waals surface area contributed by atoms with Crippen LogP contribution in [0.15, 0.2) is 79.9 Å². The quantitative estimate of drug-likeness (QED) is 0.242. The molecule has 0 bridgehead atoms. The molecule has 2 N–H and O–H groups in total. The van der Waals surface area contributed by atoms with Crippen molar-refractivity contribution in [2.45, 2.75) is 58.9 Å². The maximum absolute atomic E-state index is 13.9. The van der Waals surface area contributed by atoms with Crippen molar-refractivity contribution in [3.63, 3.8) is 0 Å². The Bertz CT molecular complexity index is 1180. The predicted molar refractivity (Wildman–Crippen MR) is 149 cm³/mol. The van der Waals surface area contributed by atoms with Crippen molar-refractivity contribution < 1.29 is 9.18 Å². The van der Waals surface area contributed by atoms with E-state index in [1.54, 1.807) is 12.1 Å². The Labute approximate surface area is 215 Å².